The summed E-state index contributed by atoms with van der Waals surface area (Å²) in [7, 11) is 0. The second kappa shape index (κ2) is 4.90. The molecular weight excluding hydrogens is 229 g/mol. The summed E-state index contributed by atoms with van der Waals surface area (Å²) in [6, 6.07) is 5.48. The minimum absolute atomic E-state index is 0.235. The molecular formula is C12H13Cl2N. The first-order valence-corrected chi connectivity index (χ1v) is 5.36. The molecule has 1 aromatic carbocycles. The summed E-state index contributed by atoms with van der Waals surface area (Å²) in [6.07, 6.45) is 5.21. The first-order valence-electron chi connectivity index (χ1n) is 4.61. The molecule has 0 aliphatic rings. The summed E-state index contributed by atoms with van der Waals surface area (Å²) in [5.41, 5.74) is 0.788. The molecule has 0 fully saturated rings. The molecule has 0 bridgehead atoms. The van der Waals surface area contributed by atoms with Gasteiger partial charge in [-0.2, -0.15) is 0 Å². The lowest BCUT2D eigenvalue weighted by molar-refractivity contribution is 0.428. The van der Waals surface area contributed by atoms with Gasteiger partial charge in [0, 0.05) is 15.6 Å². The van der Waals surface area contributed by atoms with Gasteiger partial charge < -0.3 is 0 Å². The van der Waals surface area contributed by atoms with Crippen LogP contribution in [-0.2, 0) is 5.54 Å². The highest BCUT2D eigenvalue weighted by Gasteiger charge is 2.19. The summed E-state index contributed by atoms with van der Waals surface area (Å²) in [5, 5.41) is 4.49. The maximum atomic E-state index is 5.94. The predicted octanol–water partition coefficient (Wildman–Crippen LogP) is 3.45. The number of benzene rings is 1. The topological polar surface area (TPSA) is 12.0 Å². The number of rotatable bonds is 3. The van der Waals surface area contributed by atoms with Gasteiger partial charge in [-0.3, -0.25) is 5.32 Å². The third kappa shape index (κ3) is 3.43. The van der Waals surface area contributed by atoms with Gasteiger partial charge in [0.2, 0.25) is 0 Å². The van der Waals surface area contributed by atoms with Gasteiger partial charge >= 0.3 is 0 Å². The maximum Gasteiger partial charge on any atom is 0.0580 e. The Kier molecular flexibility index (Phi) is 4.04. The van der Waals surface area contributed by atoms with E-state index in [1.807, 2.05) is 26.0 Å². The van der Waals surface area contributed by atoms with Crippen molar-refractivity contribution < 1.29 is 0 Å². The van der Waals surface area contributed by atoms with E-state index in [9.17, 15) is 0 Å². The summed E-state index contributed by atoms with van der Waals surface area (Å²) >= 11 is 11.9. The average Bonchev–Trinajstić information content (AvgIpc) is 2.13. The van der Waals surface area contributed by atoms with Crippen LogP contribution < -0.4 is 5.32 Å². The number of hydrogen-bond acceptors (Lipinski definition) is 1. The molecule has 0 aromatic heterocycles. The van der Waals surface area contributed by atoms with Gasteiger partial charge in [0.25, 0.3) is 0 Å². The van der Waals surface area contributed by atoms with Crippen molar-refractivity contribution >= 4 is 23.2 Å². The van der Waals surface area contributed by atoms with Crippen LogP contribution in [-0.4, -0.2) is 6.54 Å². The summed E-state index contributed by atoms with van der Waals surface area (Å²) < 4.78 is 0. The minimum atomic E-state index is -0.235. The molecule has 80 valence electrons. The molecule has 0 saturated heterocycles. The molecule has 0 saturated carbocycles. The van der Waals surface area contributed by atoms with E-state index in [1.165, 1.54) is 0 Å². The molecule has 0 amide bonds. The lowest BCUT2D eigenvalue weighted by Gasteiger charge is -2.26. The van der Waals surface area contributed by atoms with Crippen LogP contribution in [0.3, 0.4) is 0 Å². The van der Waals surface area contributed by atoms with Gasteiger partial charge in [-0.15, -0.1) is 6.42 Å². The van der Waals surface area contributed by atoms with Crippen molar-refractivity contribution in [2.75, 3.05) is 6.54 Å². The number of hydrogen-bond donors (Lipinski definition) is 1. The number of halogens is 2. The Morgan fingerprint density at radius 2 is 1.80 bits per heavy atom. The Hall–Kier alpha value is -0.680. The third-order valence-corrected chi connectivity index (χ3v) is 2.65. The van der Waals surface area contributed by atoms with E-state index in [4.69, 9.17) is 29.6 Å². The highest BCUT2D eigenvalue weighted by atomic mass is 35.5. The van der Waals surface area contributed by atoms with Crippen LogP contribution in [0.15, 0.2) is 18.2 Å². The van der Waals surface area contributed by atoms with Crippen LogP contribution in [0, 0.1) is 12.3 Å². The zero-order valence-corrected chi connectivity index (χ0v) is 10.3. The van der Waals surface area contributed by atoms with E-state index >= 15 is 0 Å². The van der Waals surface area contributed by atoms with Gasteiger partial charge in [-0.1, -0.05) is 29.1 Å². The summed E-state index contributed by atoms with van der Waals surface area (Å²) in [6.45, 7) is 4.58. The van der Waals surface area contributed by atoms with Crippen LogP contribution in [0.1, 0.15) is 19.4 Å². The van der Waals surface area contributed by atoms with Gasteiger partial charge in [0.15, 0.2) is 0 Å². The smallest absolute Gasteiger partial charge is 0.0580 e. The molecule has 0 spiro atoms. The first kappa shape index (κ1) is 12.4. The fourth-order valence-corrected chi connectivity index (χ4v) is 1.81. The Balaban J connectivity index is 2.99. The molecule has 1 nitrogen and oxygen atoms in total. The zero-order valence-electron chi connectivity index (χ0n) is 8.77. The Morgan fingerprint density at radius 1 is 1.27 bits per heavy atom. The first-order chi connectivity index (χ1) is 6.95. The predicted molar refractivity (Wildman–Crippen MR) is 66.3 cm³/mol. The van der Waals surface area contributed by atoms with E-state index < -0.39 is 0 Å². The second-order valence-corrected chi connectivity index (χ2v) is 4.71. The van der Waals surface area contributed by atoms with E-state index in [1.54, 1.807) is 6.07 Å². The highest BCUT2D eigenvalue weighted by molar-refractivity contribution is 6.34. The van der Waals surface area contributed by atoms with E-state index in [-0.39, 0.29) is 5.54 Å². The van der Waals surface area contributed by atoms with Crippen LogP contribution in [0.25, 0.3) is 0 Å². The summed E-state index contributed by atoms with van der Waals surface area (Å²) in [5.74, 6) is 2.55. The monoisotopic (exact) mass is 241 g/mol. The highest BCUT2D eigenvalue weighted by Crippen LogP contribution is 2.26. The van der Waals surface area contributed by atoms with Crippen molar-refractivity contribution in [3.05, 3.63) is 33.8 Å². The summed E-state index contributed by atoms with van der Waals surface area (Å²) in [4.78, 5) is 0. The Morgan fingerprint density at radius 3 is 2.27 bits per heavy atom. The van der Waals surface area contributed by atoms with Crippen molar-refractivity contribution in [3.8, 4) is 12.3 Å². The molecule has 1 rings (SSSR count). The maximum absolute atomic E-state index is 5.94. The standard InChI is InChI=1S/C12H13Cl2N/c1-4-5-15-12(2,3)9-6-10(13)8-11(14)7-9/h1,6-8,15H,5H2,2-3H3. The van der Waals surface area contributed by atoms with E-state index in [0.717, 1.165) is 5.56 Å². The fourth-order valence-electron chi connectivity index (χ4n) is 1.29. The van der Waals surface area contributed by atoms with Gasteiger partial charge in [0.1, 0.15) is 0 Å². The van der Waals surface area contributed by atoms with E-state index in [2.05, 4.69) is 11.2 Å². The van der Waals surface area contributed by atoms with Crippen LogP contribution in [0.5, 0.6) is 0 Å². The molecule has 0 atom stereocenters. The molecule has 15 heavy (non-hydrogen) atoms. The van der Waals surface area contributed by atoms with Gasteiger partial charge in [-0.05, 0) is 37.6 Å². The lowest BCUT2D eigenvalue weighted by Crippen LogP contribution is -2.36. The molecule has 1 N–H and O–H groups in total. The molecule has 0 aliphatic heterocycles. The number of terminal acetylenes is 1. The van der Waals surface area contributed by atoms with Crippen LogP contribution in [0.2, 0.25) is 10.0 Å². The molecule has 3 heteroatoms. The SMILES string of the molecule is C#CCNC(C)(C)c1cc(Cl)cc(Cl)c1. The fraction of sp³-hybridized carbons (Fsp3) is 0.333. The van der Waals surface area contributed by atoms with Crippen molar-refractivity contribution in [1.29, 1.82) is 0 Å². The number of nitrogens with one attached hydrogen (secondary N) is 1. The Bertz CT molecular complexity index is 371. The Labute approximate surface area is 101 Å². The molecule has 0 unspecified atom stereocenters. The van der Waals surface area contributed by atoms with Crippen LogP contribution in [0.4, 0.5) is 0 Å². The van der Waals surface area contributed by atoms with Crippen molar-refractivity contribution in [3.63, 3.8) is 0 Å². The molecule has 0 heterocycles. The lowest BCUT2D eigenvalue weighted by atomic mass is 9.94. The largest absolute Gasteiger partial charge is 0.297 e. The molecule has 0 radical (unpaired) electrons. The van der Waals surface area contributed by atoms with Crippen molar-refractivity contribution in [2.45, 2.75) is 19.4 Å². The molecule has 0 aliphatic carbocycles. The molecule has 1 aromatic rings. The van der Waals surface area contributed by atoms with E-state index in [0.29, 0.717) is 16.6 Å². The third-order valence-electron chi connectivity index (χ3n) is 2.22. The minimum Gasteiger partial charge on any atom is -0.297 e. The van der Waals surface area contributed by atoms with Crippen molar-refractivity contribution in [2.24, 2.45) is 0 Å². The van der Waals surface area contributed by atoms with Gasteiger partial charge in [0.05, 0.1) is 6.54 Å². The normalized spacial score (nSPS) is 11.1. The van der Waals surface area contributed by atoms with Crippen LogP contribution >= 0.6 is 23.2 Å². The second-order valence-electron chi connectivity index (χ2n) is 3.84. The average molecular weight is 242 g/mol. The zero-order chi connectivity index (χ0) is 11.5. The quantitative estimate of drug-likeness (QED) is 0.800. The van der Waals surface area contributed by atoms with Crippen molar-refractivity contribution in [1.82, 2.24) is 5.32 Å². The van der Waals surface area contributed by atoms with Gasteiger partial charge in [-0.25, -0.2) is 0 Å².